The molecule has 0 unspecified atom stereocenters. The second-order valence-electron chi connectivity index (χ2n) is 4.53. The van der Waals surface area contributed by atoms with E-state index in [1.165, 1.54) is 24.6 Å². The molecule has 0 radical (unpaired) electrons. The molecule has 1 aromatic carbocycles. The summed E-state index contributed by atoms with van der Waals surface area (Å²) in [5.74, 6) is 0.0827. The number of anilines is 1. The summed E-state index contributed by atoms with van der Waals surface area (Å²) in [6.07, 6.45) is 3.36. The molecule has 0 atom stereocenters. The van der Waals surface area contributed by atoms with E-state index in [0.717, 1.165) is 12.8 Å². The minimum Gasteiger partial charge on any atom is -0.491 e. The summed E-state index contributed by atoms with van der Waals surface area (Å²) in [5, 5.41) is 0. The van der Waals surface area contributed by atoms with Gasteiger partial charge in [-0.1, -0.05) is 6.42 Å². The Bertz CT molecular complexity index is 372. The number of hydrogen-bond acceptors (Lipinski definition) is 3. The number of benzene rings is 1. The van der Waals surface area contributed by atoms with Crippen molar-refractivity contribution < 1.29 is 9.13 Å². The third-order valence-electron chi connectivity index (χ3n) is 3.36. The lowest BCUT2D eigenvalue weighted by atomic mass is 9.69. The molecule has 1 aromatic rings. The molecule has 16 heavy (non-hydrogen) atoms. The van der Waals surface area contributed by atoms with Crippen LogP contribution in [0.25, 0.3) is 0 Å². The van der Waals surface area contributed by atoms with Gasteiger partial charge in [-0.2, -0.15) is 0 Å². The van der Waals surface area contributed by atoms with Crippen molar-refractivity contribution in [2.75, 3.05) is 18.9 Å². The smallest absolute Gasteiger partial charge is 0.145 e. The van der Waals surface area contributed by atoms with Crippen LogP contribution in [0.2, 0.25) is 0 Å². The number of ether oxygens (including phenoxy) is 1. The topological polar surface area (TPSA) is 61.3 Å². The zero-order valence-corrected chi connectivity index (χ0v) is 9.21. The number of nitrogens with two attached hydrogens (primary N) is 2. The molecule has 0 heterocycles. The van der Waals surface area contributed by atoms with Crippen LogP contribution >= 0.6 is 0 Å². The minimum absolute atomic E-state index is 0.0821. The molecule has 0 saturated heterocycles. The van der Waals surface area contributed by atoms with Crippen LogP contribution < -0.4 is 16.2 Å². The van der Waals surface area contributed by atoms with Crippen molar-refractivity contribution in [3.05, 3.63) is 24.0 Å². The van der Waals surface area contributed by atoms with Crippen LogP contribution in [0, 0.1) is 11.2 Å². The van der Waals surface area contributed by atoms with Gasteiger partial charge in [0.2, 0.25) is 0 Å². The molecule has 0 amide bonds. The standard InChI is InChI=1S/C12H17FN2O/c13-9-2-3-10(15)11(6-9)16-8-12(7-14)4-1-5-12/h2-3,6H,1,4-5,7-8,14-15H2. The third kappa shape index (κ3) is 2.11. The molecule has 0 spiro atoms. The average Bonchev–Trinajstić information content (AvgIpc) is 2.22. The van der Waals surface area contributed by atoms with Crippen molar-refractivity contribution in [3.63, 3.8) is 0 Å². The molecule has 0 aromatic heterocycles. The first kappa shape index (κ1) is 11.2. The maximum Gasteiger partial charge on any atom is 0.145 e. The summed E-state index contributed by atoms with van der Waals surface area (Å²) in [6, 6.07) is 4.16. The summed E-state index contributed by atoms with van der Waals surface area (Å²) >= 11 is 0. The maximum absolute atomic E-state index is 13.0. The first-order valence-electron chi connectivity index (χ1n) is 5.53. The number of halogens is 1. The van der Waals surface area contributed by atoms with Crippen LogP contribution in [-0.4, -0.2) is 13.2 Å². The van der Waals surface area contributed by atoms with E-state index < -0.39 is 0 Å². The molecule has 2 rings (SSSR count). The van der Waals surface area contributed by atoms with Crippen molar-refractivity contribution in [1.29, 1.82) is 0 Å². The predicted molar refractivity (Wildman–Crippen MR) is 61.6 cm³/mol. The maximum atomic E-state index is 13.0. The summed E-state index contributed by atoms with van der Waals surface area (Å²) in [5.41, 5.74) is 12.0. The Hall–Kier alpha value is -1.29. The molecule has 4 N–H and O–H groups in total. The molecule has 3 nitrogen and oxygen atoms in total. The van der Waals surface area contributed by atoms with Crippen LogP contribution in [0.1, 0.15) is 19.3 Å². The molecule has 88 valence electrons. The fourth-order valence-corrected chi connectivity index (χ4v) is 1.95. The lowest BCUT2D eigenvalue weighted by molar-refractivity contribution is 0.0670. The summed E-state index contributed by atoms with van der Waals surface area (Å²) in [6.45, 7) is 1.14. The minimum atomic E-state index is -0.334. The van der Waals surface area contributed by atoms with Gasteiger partial charge in [-0.05, 0) is 25.0 Å². The van der Waals surface area contributed by atoms with Gasteiger partial charge in [0.1, 0.15) is 11.6 Å². The van der Waals surface area contributed by atoms with Crippen LogP contribution in [0.3, 0.4) is 0 Å². The molecular weight excluding hydrogens is 207 g/mol. The van der Waals surface area contributed by atoms with Crippen molar-refractivity contribution in [2.45, 2.75) is 19.3 Å². The lowest BCUT2D eigenvalue weighted by Crippen LogP contribution is -2.42. The normalized spacial score (nSPS) is 17.9. The fraction of sp³-hybridized carbons (Fsp3) is 0.500. The highest BCUT2D eigenvalue weighted by Crippen LogP contribution is 2.40. The fourth-order valence-electron chi connectivity index (χ4n) is 1.95. The van der Waals surface area contributed by atoms with Gasteiger partial charge in [0.15, 0.2) is 0 Å². The van der Waals surface area contributed by atoms with Crippen LogP contribution in [0.15, 0.2) is 18.2 Å². The van der Waals surface area contributed by atoms with Gasteiger partial charge in [-0.15, -0.1) is 0 Å². The Morgan fingerprint density at radius 2 is 2.12 bits per heavy atom. The van der Waals surface area contributed by atoms with Gasteiger partial charge in [0.05, 0.1) is 12.3 Å². The lowest BCUT2D eigenvalue weighted by Gasteiger charge is -2.40. The van der Waals surface area contributed by atoms with Gasteiger partial charge in [-0.3, -0.25) is 0 Å². The van der Waals surface area contributed by atoms with Crippen LogP contribution in [0.5, 0.6) is 5.75 Å². The number of hydrogen-bond donors (Lipinski definition) is 2. The SMILES string of the molecule is NCC1(COc2cc(F)ccc2N)CCC1. The Morgan fingerprint density at radius 3 is 2.69 bits per heavy atom. The second-order valence-corrected chi connectivity index (χ2v) is 4.53. The van der Waals surface area contributed by atoms with E-state index >= 15 is 0 Å². The van der Waals surface area contributed by atoms with Crippen LogP contribution in [0.4, 0.5) is 10.1 Å². The molecule has 1 fully saturated rings. The van der Waals surface area contributed by atoms with E-state index in [4.69, 9.17) is 16.2 Å². The molecule has 1 aliphatic carbocycles. The molecule has 1 aliphatic rings. The molecule has 0 aliphatic heterocycles. The van der Waals surface area contributed by atoms with Gasteiger partial charge >= 0.3 is 0 Å². The third-order valence-corrected chi connectivity index (χ3v) is 3.36. The zero-order valence-electron chi connectivity index (χ0n) is 9.21. The predicted octanol–water partition coefficient (Wildman–Crippen LogP) is 1.92. The Labute approximate surface area is 94.6 Å². The first-order chi connectivity index (χ1) is 7.65. The van der Waals surface area contributed by atoms with E-state index in [1.54, 1.807) is 0 Å². The zero-order chi connectivity index (χ0) is 11.6. The van der Waals surface area contributed by atoms with E-state index in [0.29, 0.717) is 24.6 Å². The van der Waals surface area contributed by atoms with E-state index in [2.05, 4.69) is 0 Å². The van der Waals surface area contributed by atoms with Gasteiger partial charge in [0, 0.05) is 18.0 Å². The number of rotatable bonds is 4. The first-order valence-corrected chi connectivity index (χ1v) is 5.53. The number of nitrogen functional groups attached to an aromatic ring is 1. The summed E-state index contributed by atoms with van der Waals surface area (Å²) in [4.78, 5) is 0. The monoisotopic (exact) mass is 224 g/mol. The van der Waals surface area contributed by atoms with E-state index in [9.17, 15) is 4.39 Å². The van der Waals surface area contributed by atoms with Crippen molar-refractivity contribution in [3.8, 4) is 5.75 Å². The van der Waals surface area contributed by atoms with E-state index in [1.807, 2.05) is 0 Å². The molecule has 1 saturated carbocycles. The molecular formula is C12H17FN2O. The van der Waals surface area contributed by atoms with Crippen molar-refractivity contribution in [1.82, 2.24) is 0 Å². The summed E-state index contributed by atoms with van der Waals surface area (Å²) < 4.78 is 18.6. The molecule has 0 bridgehead atoms. The Balaban J connectivity index is 2.01. The van der Waals surface area contributed by atoms with Gasteiger partial charge < -0.3 is 16.2 Å². The Morgan fingerprint density at radius 1 is 1.38 bits per heavy atom. The van der Waals surface area contributed by atoms with Gasteiger partial charge in [0.25, 0.3) is 0 Å². The van der Waals surface area contributed by atoms with Crippen molar-refractivity contribution >= 4 is 5.69 Å². The van der Waals surface area contributed by atoms with Crippen LogP contribution in [-0.2, 0) is 0 Å². The molecule has 4 heteroatoms. The quantitative estimate of drug-likeness (QED) is 0.768. The second kappa shape index (κ2) is 4.29. The van der Waals surface area contributed by atoms with Crippen molar-refractivity contribution in [2.24, 2.45) is 11.1 Å². The Kier molecular flexibility index (Phi) is 3.01. The summed E-state index contributed by atoms with van der Waals surface area (Å²) in [7, 11) is 0. The highest BCUT2D eigenvalue weighted by atomic mass is 19.1. The van der Waals surface area contributed by atoms with Gasteiger partial charge in [-0.25, -0.2) is 4.39 Å². The average molecular weight is 224 g/mol. The highest BCUT2D eigenvalue weighted by Gasteiger charge is 2.36. The van der Waals surface area contributed by atoms with E-state index in [-0.39, 0.29) is 11.2 Å². The largest absolute Gasteiger partial charge is 0.491 e. The highest BCUT2D eigenvalue weighted by molar-refractivity contribution is 5.52.